The molecule has 1 aromatic carbocycles. The molecule has 6 heteroatoms. The van der Waals surface area contributed by atoms with E-state index < -0.39 is 0 Å². The summed E-state index contributed by atoms with van der Waals surface area (Å²) in [6.07, 6.45) is 3.05. The van der Waals surface area contributed by atoms with Gasteiger partial charge in [-0.3, -0.25) is 9.69 Å². The molecule has 1 atom stereocenters. The van der Waals surface area contributed by atoms with Crippen LogP contribution in [0.5, 0.6) is 0 Å². The van der Waals surface area contributed by atoms with Gasteiger partial charge in [-0.05, 0) is 32.1 Å². The Labute approximate surface area is 149 Å². The number of carbonyl (C=O) groups excluding carboxylic acids is 1. The summed E-state index contributed by atoms with van der Waals surface area (Å²) in [5, 5.41) is 4.28. The van der Waals surface area contributed by atoms with E-state index in [1.807, 2.05) is 32.4 Å². The van der Waals surface area contributed by atoms with Gasteiger partial charge in [0.1, 0.15) is 0 Å². The molecule has 1 aliphatic rings. The number of aromatic nitrogens is 1. The van der Waals surface area contributed by atoms with Gasteiger partial charge in [-0.15, -0.1) is 0 Å². The molecule has 2 heterocycles. The fraction of sp³-hybridized carbons (Fsp3) is 0.526. The highest BCUT2D eigenvalue weighted by molar-refractivity contribution is 5.83. The van der Waals surface area contributed by atoms with Gasteiger partial charge in [0.15, 0.2) is 0 Å². The number of carbonyl (C=O) groups is 1. The zero-order valence-corrected chi connectivity index (χ0v) is 15.1. The van der Waals surface area contributed by atoms with E-state index in [0.717, 1.165) is 31.6 Å². The molecule has 1 amide bonds. The number of aromatic amines is 1. The van der Waals surface area contributed by atoms with Gasteiger partial charge in [0.2, 0.25) is 5.91 Å². The third kappa shape index (κ3) is 5.04. The lowest BCUT2D eigenvalue weighted by atomic mass is 10.1. The van der Waals surface area contributed by atoms with Gasteiger partial charge in [0, 0.05) is 43.3 Å². The molecule has 0 spiro atoms. The average Bonchev–Trinajstić information content (AvgIpc) is 2.98. The van der Waals surface area contributed by atoms with E-state index in [4.69, 9.17) is 4.74 Å². The quantitative estimate of drug-likeness (QED) is 0.789. The van der Waals surface area contributed by atoms with Crippen molar-refractivity contribution in [3.05, 3.63) is 36.0 Å². The summed E-state index contributed by atoms with van der Waals surface area (Å²) in [6.45, 7) is 4.32. The summed E-state index contributed by atoms with van der Waals surface area (Å²) in [6, 6.07) is 8.25. The van der Waals surface area contributed by atoms with Crippen LogP contribution in [0.3, 0.4) is 0 Å². The van der Waals surface area contributed by atoms with Crippen molar-refractivity contribution in [2.24, 2.45) is 0 Å². The van der Waals surface area contributed by atoms with Gasteiger partial charge >= 0.3 is 0 Å². The van der Waals surface area contributed by atoms with Crippen LogP contribution < -0.4 is 5.32 Å². The number of fused-ring (bicyclic) bond motifs is 1. The van der Waals surface area contributed by atoms with Crippen LogP contribution in [0.4, 0.5) is 0 Å². The zero-order chi connectivity index (χ0) is 17.6. The minimum Gasteiger partial charge on any atom is -0.374 e. The number of likely N-dealkylation sites (N-methyl/N-ethyl adjacent to an activating group) is 1. The maximum atomic E-state index is 12.2. The molecule has 6 nitrogen and oxygen atoms in total. The molecule has 136 valence electrons. The molecule has 0 radical (unpaired) electrons. The van der Waals surface area contributed by atoms with E-state index in [2.05, 4.69) is 32.2 Å². The lowest BCUT2D eigenvalue weighted by Crippen LogP contribution is -2.49. The fourth-order valence-electron chi connectivity index (χ4n) is 3.38. The first-order valence-corrected chi connectivity index (χ1v) is 8.92. The summed E-state index contributed by atoms with van der Waals surface area (Å²) < 4.78 is 5.75. The lowest BCUT2D eigenvalue weighted by Gasteiger charge is -2.33. The molecule has 2 N–H and O–H groups in total. The summed E-state index contributed by atoms with van der Waals surface area (Å²) >= 11 is 0. The minimum absolute atomic E-state index is 0.0883. The number of benzene rings is 1. The van der Waals surface area contributed by atoms with Crippen molar-refractivity contribution < 1.29 is 9.53 Å². The monoisotopic (exact) mass is 344 g/mol. The molecule has 0 unspecified atom stereocenters. The van der Waals surface area contributed by atoms with Crippen molar-refractivity contribution in [1.29, 1.82) is 0 Å². The Morgan fingerprint density at radius 2 is 2.24 bits per heavy atom. The number of rotatable bonds is 7. The van der Waals surface area contributed by atoms with Crippen LogP contribution in [0.15, 0.2) is 30.5 Å². The maximum absolute atomic E-state index is 12.2. The van der Waals surface area contributed by atoms with Crippen molar-refractivity contribution in [3.63, 3.8) is 0 Å². The van der Waals surface area contributed by atoms with Crippen molar-refractivity contribution in [2.75, 3.05) is 53.4 Å². The van der Waals surface area contributed by atoms with E-state index in [0.29, 0.717) is 19.7 Å². The minimum atomic E-state index is 0.0883. The standard InChI is InChI=1S/C19H28N4O2/c1-22(2)12-16-13-23(9-10-25-16)14-19(24)20-8-7-15-11-21-18-6-4-3-5-17(15)18/h3-6,11,16,21H,7-10,12-14H2,1-2H3,(H,20,24)/t16-/m1/s1. The van der Waals surface area contributed by atoms with E-state index in [-0.39, 0.29) is 12.0 Å². The average molecular weight is 344 g/mol. The largest absolute Gasteiger partial charge is 0.374 e. The fourth-order valence-corrected chi connectivity index (χ4v) is 3.38. The van der Waals surface area contributed by atoms with Gasteiger partial charge in [-0.25, -0.2) is 0 Å². The van der Waals surface area contributed by atoms with E-state index in [1.54, 1.807) is 0 Å². The molecule has 1 aliphatic heterocycles. The number of nitrogens with zero attached hydrogens (tertiary/aromatic N) is 2. The number of hydrogen-bond acceptors (Lipinski definition) is 4. The van der Waals surface area contributed by atoms with Gasteiger partial charge in [0.05, 0.1) is 19.3 Å². The van der Waals surface area contributed by atoms with Crippen LogP contribution in [-0.4, -0.2) is 80.2 Å². The SMILES string of the molecule is CN(C)C[C@@H]1CN(CC(=O)NCCc2c[nH]c3ccccc23)CCO1. The summed E-state index contributed by atoms with van der Waals surface area (Å²) in [5.74, 6) is 0.0883. The summed E-state index contributed by atoms with van der Waals surface area (Å²) in [7, 11) is 4.08. The summed E-state index contributed by atoms with van der Waals surface area (Å²) in [4.78, 5) is 19.8. The van der Waals surface area contributed by atoms with E-state index >= 15 is 0 Å². The van der Waals surface area contributed by atoms with Gasteiger partial charge in [0.25, 0.3) is 0 Å². The van der Waals surface area contributed by atoms with E-state index in [9.17, 15) is 4.79 Å². The van der Waals surface area contributed by atoms with Crippen molar-refractivity contribution in [2.45, 2.75) is 12.5 Å². The van der Waals surface area contributed by atoms with Crippen LogP contribution in [0.1, 0.15) is 5.56 Å². The summed E-state index contributed by atoms with van der Waals surface area (Å²) in [5.41, 5.74) is 2.39. The van der Waals surface area contributed by atoms with Crippen molar-refractivity contribution in [1.82, 2.24) is 20.1 Å². The molecule has 0 saturated carbocycles. The molecule has 1 fully saturated rings. The Hall–Kier alpha value is -1.89. The van der Waals surface area contributed by atoms with Crippen LogP contribution in [-0.2, 0) is 16.0 Å². The zero-order valence-electron chi connectivity index (χ0n) is 15.1. The highest BCUT2D eigenvalue weighted by Gasteiger charge is 2.22. The first-order valence-electron chi connectivity index (χ1n) is 8.92. The second-order valence-electron chi connectivity index (χ2n) is 6.95. The second-order valence-corrected chi connectivity index (χ2v) is 6.95. The number of nitrogens with one attached hydrogen (secondary N) is 2. The number of para-hydroxylation sites is 1. The third-order valence-corrected chi connectivity index (χ3v) is 4.55. The number of amides is 1. The molecule has 0 aliphatic carbocycles. The Morgan fingerprint density at radius 3 is 3.08 bits per heavy atom. The molecular weight excluding hydrogens is 316 g/mol. The normalized spacial score (nSPS) is 18.8. The van der Waals surface area contributed by atoms with Gasteiger partial charge < -0.3 is 19.9 Å². The molecule has 25 heavy (non-hydrogen) atoms. The van der Waals surface area contributed by atoms with E-state index in [1.165, 1.54) is 10.9 Å². The molecular formula is C19H28N4O2. The predicted octanol–water partition coefficient (Wildman–Crippen LogP) is 1.09. The Balaban J connectivity index is 1.42. The first-order chi connectivity index (χ1) is 12.1. The number of H-pyrrole nitrogens is 1. The Bertz CT molecular complexity index is 698. The molecule has 1 aromatic heterocycles. The van der Waals surface area contributed by atoms with Crippen LogP contribution >= 0.6 is 0 Å². The topological polar surface area (TPSA) is 60.6 Å². The second kappa shape index (κ2) is 8.47. The molecule has 3 rings (SSSR count). The van der Waals surface area contributed by atoms with Crippen LogP contribution in [0, 0.1) is 0 Å². The van der Waals surface area contributed by atoms with Crippen LogP contribution in [0.25, 0.3) is 10.9 Å². The molecule has 2 aromatic rings. The molecule has 1 saturated heterocycles. The van der Waals surface area contributed by atoms with Crippen molar-refractivity contribution >= 4 is 16.8 Å². The van der Waals surface area contributed by atoms with Crippen LogP contribution in [0.2, 0.25) is 0 Å². The van der Waals surface area contributed by atoms with Gasteiger partial charge in [-0.1, -0.05) is 18.2 Å². The first kappa shape index (κ1) is 17.9. The Kier molecular flexibility index (Phi) is 6.07. The highest BCUT2D eigenvalue weighted by Crippen LogP contribution is 2.17. The number of hydrogen-bond donors (Lipinski definition) is 2. The number of morpholine rings is 1. The van der Waals surface area contributed by atoms with Crippen molar-refractivity contribution in [3.8, 4) is 0 Å². The number of ether oxygens (including phenoxy) is 1. The highest BCUT2D eigenvalue weighted by atomic mass is 16.5. The predicted molar refractivity (Wildman–Crippen MR) is 99.7 cm³/mol. The van der Waals surface area contributed by atoms with Gasteiger partial charge in [-0.2, -0.15) is 0 Å². The smallest absolute Gasteiger partial charge is 0.234 e. The molecule has 0 bridgehead atoms. The maximum Gasteiger partial charge on any atom is 0.234 e. The third-order valence-electron chi connectivity index (χ3n) is 4.55. The Morgan fingerprint density at radius 1 is 1.40 bits per heavy atom. The lowest BCUT2D eigenvalue weighted by molar-refractivity contribution is -0.124.